The molecule has 6 nitrogen and oxygen atoms in total. The van der Waals surface area contributed by atoms with Gasteiger partial charge in [0, 0.05) is 19.3 Å². The minimum atomic E-state index is -0.783. The van der Waals surface area contributed by atoms with Gasteiger partial charge in [0.1, 0.15) is 13.2 Å². The van der Waals surface area contributed by atoms with Crippen LogP contribution < -0.4 is 0 Å². The van der Waals surface area contributed by atoms with Crippen LogP contribution in [0.25, 0.3) is 0 Å². The normalized spacial score (nSPS) is 12.4. The maximum Gasteiger partial charge on any atom is 0.306 e. The molecule has 6 heteroatoms. The molecule has 0 aromatic carbocycles. The average Bonchev–Trinajstić information content (AvgIpc) is 3.41. The van der Waals surface area contributed by atoms with Crippen molar-refractivity contribution in [1.29, 1.82) is 0 Å². The fourth-order valence-electron chi connectivity index (χ4n) is 9.51. The van der Waals surface area contributed by atoms with Crippen LogP contribution in [0.2, 0.25) is 0 Å². The summed E-state index contributed by atoms with van der Waals surface area (Å²) in [6.07, 6.45) is 80.9. The second kappa shape index (κ2) is 63.6. The van der Waals surface area contributed by atoms with Crippen LogP contribution in [0.1, 0.15) is 342 Å². The molecule has 0 aliphatic rings. The lowest BCUT2D eigenvalue weighted by Crippen LogP contribution is -2.30. The summed E-state index contributed by atoms with van der Waals surface area (Å²) in [5, 5.41) is 0. The third-order valence-corrected chi connectivity index (χ3v) is 14.4. The summed E-state index contributed by atoms with van der Waals surface area (Å²) < 4.78 is 16.9. The lowest BCUT2D eigenvalue weighted by molar-refractivity contribution is -0.167. The van der Waals surface area contributed by atoms with Crippen molar-refractivity contribution >= 4 is 17.9 Å². The first-order chi connectivity index (χ1) is 37.0. The Morgan fingerprint density at radius 1 is 0.267 bits per heavy atom. The standard InChI is InChI=1S/C69H124O6/c1-4-7-10-13-16-19-22-25-27-29-31-32-33-34-35-36-38-39-41-44-47-50-53-56-59-62-68(71)74-65-66(64-73-67(70)61-58-55-52-49-46-43-24-21-18-15-12-9-6-3)75-69(72)63-60-57-54-51-48-45-42-40-37-30-28-26-23-20-17-14-11-8-5-2/h12,15,17,20-21,24,26,28-29,31,66H,4-11,13-14,16,18-19,22-23,25,27,30,32-65H2,1-3H3/b15-12-,20-17-,24-21-,28-26-,31-29-. The SMILES string of the molecule is CCC/C=C\C/C=C\CCCCCCCC(=O)OCC(COC(=O)CCCCCCCCCCCCCCC/C=C\CCCCCCCCCC)OC(=O)CCCCCCCCCCC/C=C\C/C=C\CCCCC. The molecule has 0 radical (unpaired) electrons. The van der Waals surface area contributed by atoms with Crippen LogP contribution in [0.3, 0.4) is 0 Å². The van der Waals surface area contributed by atoms with E-state index in [-0.39, 0.29) is 31.1 Å². The molecule has 0 N–H and O–H groups in total. The fraction of sp³-hybridized carbons (Fsp3) is 0.812. The molecule has 0 fully saturated rings. The number of allylic oxidation sites excluding steroid dienone is 10. The van der Waals surface area contributed by atoms with Gasteiger partial charge in [0.15, 0.2) is 6.10 Å². The number of unbranched alkanes of at least 4 members (excludes halogenated alkanes) is 39. The van der Waals surface area contributed by atoms with E-state index >= 15 is 0 Å². The number of carbonyl (C=O) groups is 3. The van der Waals surface area contributed by atoms with E-state index in [1.165, 1.54) is 212 Å². The van der Waals surface area contributed by atoms with Gasteiger partial charge in [-0.3, -0.25) is 14.4 Å². The highest BCUT2D eigenvalue weighted by molar-refractivity contribution is 5.71. The molecule has 0 spiro atoms. The van der Waals surface area contributed by atoms with Gasteiger partial charge in [0.2, 0.25) is 0 Å². The second-order valence-electron chi connectivity index (χ2n) is 22.0. The number of rotatable bonds is 60. The topological polar surface area (TPSA) is 78.9 Å². The van der Waals surface area contributed by atoms with Crippen molar-refractivity contribution in [3.63, 3.8) is 0 Å². The molecule has 0 aliphatic heterocycles. The van der Waals surface area contributed by atoms with Crippen molar-refractivity contribution < 1.29 is 28.6 Å². The maximum absolute atomic E-state index is 12.9. The lowest BCUT2D eigenvalue weighted by atomic mass is 10.0. The molecule has 0 heterocycles. The number of carbonyl (C=O) groups excluding carboxylic acids is 3. The van der Waals surface area contributed by atoms with E-state index in [2.05, 4.69) is 81.5 Å². The first-order valence-corrected chi connectivity index (χ1v) is 32.8. The van der Waals surface area contributed by atoms with Crippen LogP contribution in [0.5, 0.6) is 0 Å². The Hall–Kier alpha value is -2.89. The first kappa shape index (κ1) is 72.1. The summed E-state index contributed by atoms with van der Waals surface area (Å²) in [4.78, 5) is 38.3. The van der Waals surface area contributed by atoms with Crippen molar-refractivity contribution in [3.8, 4) is 0 Å². The van der Waals surface area contributed by atoms with Gasteiger partial charge in [-0.2, -0.15) is 0 Å². The molecule has 75 heavy (non-hydrogen) atoms. The van der Waals surface area contributed by atoms with Crippen molar-refractivity contribution in [1.82, 2.24) is 0 Å². The van der Waals surface area contributed by atoms with Gasteiger partial charge in [0.25, 0.3) is 0 Å². The molecule has 436 valence electrons. The maximum atomic E-state index is 12.9. The van der Waals surface area contributed by atoms with E-state index in [9.17, 15) is 14.4 Å². The summed E-state index contributed by atoms with van der Waals surface area (Å²) in [5.41, 5.74) is 0. The third kappa shape index (κ3) is 61.8. The molecule has 1 unspecified atom stereocenters. The van der Waals surface area contributed by atoms with Crippen molar-refractivity contribution in [2.45, 2.75) is 348 Å². The van der Waals surface area contributed by atoms with Gasteiger partial charge in [0.05, 0.1) is 0 Å². The van der Waals surface area contributed by atoms with Crippen molar-refractivity contribution in [3.05, 3.63) is 60.8 Å². The number of ether oxygens (including phenoxy) is 3. The Labute approximate surface area is 466 Å². The monoisotopic (exact) mass is 1050 g/mol. The fourth-order valence-corrected chi connectivity index (χ4v) is 9.51. The van der Waals surface area contributed by atoms with Gasteiger partial charge >= 0.3 is 17.9 Å². The Bertz CT molecular complexity index is 1340. The molecule has 0 bridgehead atoms. The van der Waals surface area contributed by atoms with Crippen LogP contribution in [0.4, 0.5) is 0 Å². The van der Waals surface area contributed by atoms with Crippen LogP contribution in [-0.4, -0.2) is 37.2 Å². The van der Waals surface area contributed by atoms with Crippen LogP contribution in [-0.2, 0) is 28.6 Å². The Morgan fingerprint density at radius 3 is 0.827 bits per heavy atom. The second-order valence-corrected chi connectivity index (χ2v) is 22.0. The van der Waals surface area contributed by atoms with E-state index < -0.39 is 6.10 Å². The van der Waals surface area contributed by atoms with E-state index in [0.717, 1.165) is 89.9 Å². The minimum absolute atomic E-state index is 0.0784. The third-order valence-electron chi connectivity index (χ3n) is 14.4. The summed E-state index contributed by atoms with van der Waals surface area (Å²) >= 11 is 0. The van der Waals surface area contributed by atoms with Gasteiger partial charge in [-0.25, -0.2) is 0 Å². The molecule has 0 saturated heterocycles. The Morgan fingerprint density at radius 2 is 0.507 bits per heavy atom. The van der Waals surface area contributed by atoms with Crippen LogP contribution in [0.15, 0.2) is 60.8 Å². The zero-order valence-corrected chi connectivity index (χ0v) is 50.1. The van der Waals surface area contributed by atoms with Crippen LogP contribution in [0, 0.1) is 0 Å². The molecule has 0 saturated carbocycles. The molecule has 0 amide bonds. The van der Waals surface area contributed by atoms with Gasteiger partial charge in [-0.1, -0.05) is 281 Å². The highest BCUT2D eigenvalue weighted by Gasteiger charge is 2.19. The number of esters is 3. The highest BCUT2D eigenvalue weighted by Crippen LogP contribution is 2.17. The minimum Gasteiger partial charge on any atom is -0.462 e. The molecule has 0 aliphatic carbocycles. The van der Waals surface area contributed by atoms with E-state index in [1.54, 1.807) is 0 Å². The predicted octanol–water partition coefficient (Wildman–Crippen LogP) is 22.3. The van der Waals surface area contributed by atoms with E-state index in [4.69, 9.17) is 14.2 Å². The van der Waals surface area contributed by atoms with Crippen molar-refractivity contribution in [2.75, 3.05) is 13.2 Å². The van der Waals surface area contributed by atoms with Gasteiger partial charge in [-0.05, 0) is 103 Å². The Balaban J connectivity index is 4.27. The largest absolute Gasteiger partial charge is 0.462 e. The molecular weight excluding hydrogens is 925 g/mol. The molecule has 0 aromatic rings. The zero-order valence-electron chi connectivity index (χ0n) is 50.1. The number of hydrogen-bond acceptors (Lipinski definition) is 6. The van der Waals surface area contributed by atoms with Gasteiger partial charge < -0.3 is 14.2 Å². The molecular formula is C69H124O6. The summed E-state index contributed by atoms with van der Waals surface area (Å²) in [6, 6.07) is 0. The zero-order chi connectivity index (χ0) is 54.3. The highest BCUT2D eigenvalue weighted by atomic mass is 16.6. The molecule has 0 rings (SSSR count). The van der Waals surface area contributed by atoms with Gasteiger partial charge in [-0.15, -0.1) is 0 Å². The molecule has 1 atom stereocenters. The quantitative estimate of drug-likeness (QED) is 0.0261. The lowest BCUT2D eigenvalue weighted by Gasteiger charge is -2.18. The average molecular weight is 1050 g/mol. The van der Waals surface area contributed by atoms with E-state index in [1.807, 2.05) is 0 Å². The summed E-state index contributed by atoms with van der Waals surface area (Å²) in [6.45, 7) is 6.58. The molecule has 0 aromatic heterocycles. The summed E-state index contributed by atoms with van der Waals surface area (Å²) in [7, 11) is 0. The Kier molecular flexibility index (Phi) is 61.2. The number of hydrogen-bond donors (Lipinski definition) is 0. The van der Waals surface area contributed by atoms with Crippen molar-refractivity contribution in [2.24, 2.45) is 0 Å². The first-order valence-electron chi connectivity index (χ1n) is 32.8. The predicted molar refractivity (Wildman–Crippen MR) is 325 cm³/mol. The van der Waals surface area contributed by atoms with E-state index in [0.29, 0.717) is 19.3 Å². The van der Waals surface area contributed by atoms with Crippen LogP contribution >= 0.6 is 0 Å². The summed E-state index contributed by atoms with van der Waals surface area (Å²) in [5.74, 6) is -0.881. The smallest absolute Gasteiger partial charge is 0.306 e.